The summed E-state index contributed by atoms with van der Waals surface area (Å²) in [7, 11) is 0.180. The molecule has 0 saturated carbocycles. The van der Waals surface area contributed by atoms with Gasteiger partial charge < -0.3 is 15.0 Å². The highest BCUT2D eigenvalue weighted by Crippen LogP contribution is 2.30. The van der Waals surface area contributed by atoms with Crippen molar-refractivity contribution in [3.63, 3.8) is 0 Å². The number of rotatable bonds is 6. The number of hydrogen-bond donors (Lipinski definition) is 1. The van der Waals surface area contributed by atoms with Crippen LogP contribution < -0.4 is 10.2 Å². The number of amides is 1. The van der Waals surface area contributed by atoms with Gasteiger partial charge in [0, 0.05) is 40.3 Å². The van der Waals surface area contributed by atoms with Crippen LogP contribution in [0.1, 0.15) is 19.3 Å². The summed E-state index contributed by atoms with van der Waals surface area (Å²) in [6.45, 7) is 4.06. The molecule has 0 radical (unpaired) electrons. The lowest BCUT2D eigenvalue weighted by atomic mass is 10.2. The molecular formula is C19H30N4O4S. The van der Waals surface area contributed by atoms with E-state index < -0.39 is 10.0 Å². The van der Waals surface area contributed by atoms with E-state index in [2.05, 4.69) is 5.32 Å². The lowest BCUT2D eigenvalue weighted by molar-refractivity contribution is -0.118. The molecule has 2 aliphatic rings. The van der Waals surface area contributed by atoms with Crippen molar-refractivity contribution in [3.05, 3.63) is 18.2 Å². The molecular weight excluding hydrogens is 380 g/mol. The summed E-state index contributed by atoms with van der Waals surface area (Å²) >= 11 is 0. The van der Waals surface area contributed by atoms with E-state index >= 15 is 0 Å². The van der Waals surface area contributed by atoms with E-state index in [9.17, 15) is 13.2 Å². The van der Waals surface area contributed by atoms with Gasteiger partial charge in [0.2, 0.25) is 15.9 Å². The van der Waals surface area contributed by atoms with Crippen LogP contribution in [0.3, 0.4) is 0 Å². The summed E-state index contributed by atoms with van der Waals surface area (Å²) in [5, 5.41) is 2.91. The molecule has 1 aromatic carbocycles. The number of carbonyl (C=O) groups excluding carboxylic acids is 1. The smallest absolute Gasteiger partial charge is 0.243 e. The first-order chi connectivity index (χ1) is 13.4. The number of carbonyl (C=O) groups is 1. The van der Waals surface area contributed by atoms with Gasteiger partial charge in [-0.25, -0.2) is 8.42 Å². The number of sulfonamides is 1. The fraction of sp³-hybridized carbons (Fsp3) is 0.632. The molecule has 2 aliphatic heterocycles. The molecule has 0 aromatic heterocycles. The maximum Gasteiger partial charge on any atom is 0.243 e. The Kier molecular flexibility index (Phi) is 6.92. The molecule has 2 saturated heterocycles. The minimum absolute atomic E-state index is 0.155. The molecule has 156 valence electrons. The van der Waals surface area contributed by atoms with E-state index in [1.807, 2.05) is 23.9 Å². The number of benzene rings is 1. The van der Waals surface area contributed by atoms with Gasteiger partial charge in [0.25, 0.3) is 0 Å². The average molecular weight is 411 g/mol. The van der Waals surface area contributed by atoms with Crippen molar-refractivity contribution in [1.82, 2.24) is 9.21 Å². The summed E-state index contributed by atoms with van der Waals surface area (Å²) in [6.07, 6.45) is 2.84. The first kappa shape index (κ1) is 21.0. The van der Waals surface area contributed by atoms with Gasteiger partial charge in [0.1, 0.15) is 0 Å². The van der Waals surface area contributed by atoms with E-state index in [1.165, 1.54) is 0 Å². The predicted molar refractivity (Wildman–Crippen MR) is 109 cm³/mol. The maximum absolute atomic E-state index is 13.0. The fourth-order valence-electron chi connectivity index (χ4n) is 3.57. The molecule has 28 heavy (non-hydrogen) atoms. The number of anilines is 2. The van der Waals surface area contributed by atoms with Crippen LogP contribution in [0.25, 0.3) is 0 Å². The van der Waals surface area contributed by atoms with E-state index in [0.717, 1.165) is 38.0 Å². The number of nitrogens with zero attached hydrogens (tertiary/aromatic N) is 3. The first-order valence-electron chi connectivity index (χ1n) is 9.79. The zero-order chi connectivity index (χ0) is 20.1. The summed E-state index contributed by atoms with van der Waals surface area (Å²) in [6, 6.07) is 4.95. The minimum atomic E-state index is -3.55. The Labute approximate surface area is 167 Å². The van der Waals surface area contributed by atoms with Gasteiger partial charge in [-0.15, -0.1) is 0 Å². The summed E-state index contributed by atoms with van der Waals surface area (Å²) in [4.78, 5) is 16.7. The van der Waals surface area contributed by atoms with Gasteiger partial charge in [-0.3, -0.25) is 9.69 Å². The Morgan fingerprint density at radius 3 is 2.43 bits per heavy atom. The molecule has 0 spiro atoms. The van der Waals surface area contributed by atoms with Crippen LogP contribution in [0.15, 0.2) is 23.1 Å². The van der Waals surface area contributed by atoms with Gasteiger partial charge in [-0.2, -0.15) is 4.31 Å². The zero-order valence-electron chi connectivity index (χ0n) is 16.7. The third-order valence-electron chi connectivity index (χ3n) is 5.15. The van der Waals surface area contributed by atoms with Crippen LogP contribution >= 0.6 is 0 Å². The second-order valence-electron chi connectivity index (χ2n) is 7.47. The van der Waals surface area contributed by atoms with E-state index in [0.29, 0.717) is 32.0 Å². The van der Waals surface area contributed by atoms with Crippen molar-refractivity contribution in [2.45, 2.75) is 24.2 Å². The van der Waals surface area contributed by atoms with Crippen molar-refractivity contribution in [2.24, 2.45) is 0 Å². The Morgan fingerprint density at radius 2 is 1.79 bits per heavy atom. The Morgan fingerprint density at radius 1 is 1.11 bits per heavy atom. The maximum atomic E-state index is 13.0. The predicted octanol–water partition coefficient (Wildman–Crippen LogP) is 1.20. The molecule has 0 atom stereocenters. The second-order valence-corrected chi connectivity index (χ2v) is 9.41. The standard InChI is InChI=1S/C19H30N4O4S/c1-21(2)18-7-6-16(28(25,26)23-8-4-3-5-9-23)14-17(18)20-19(24)15-22-10-12-27-13-11-22/h6-7,14H,3-5,8-13,15H2,1-2H3,(H,20,24). The normalized spacial score (nSPS) is 19.4. The van der Waals surface area contributed by atoms with Crippen molar-refractivity contribution in [3.8, 4) is 0 Å². The molecule has 0 unspecified atom stereocenters. The summed E-state index contributed by atoms with van der Waals surface area (Å²) in [5.41, 5.74) is 1.29. The van der Waals surface area contributed by atoms with Gasteiger partial charge in [-0.05, 0) is 31.0 Å². The monoisotopic (exact) mass is 410 g/mol. The van der Waals surface area contributed by atoms with Crippen molar-refractivity contribution < 1.29 is 17.9 Å². The molecule has 2 fully saturated rings. The fourth-order valence-corrected chi connectivity index (χ4v) is 5.12. The number of morpholine rings is 1. The van der Waals surface area contributed by atoms with Crippen LogP contribution in [-0.2, 0) is 19.6 Å². The lowest BCUT2D eigenvalue weighted by Gasteiger charge is -2.27. The van der Waals surface area contributed by atoms with E-state index in [-0.39, 0.29) is 17.3 Å². The lowest BCUT2D eigenvalue weighted by Crippen LogP contribution is -2.41. The highest BCUT2D eigenvalue weighted by molar-refractivity contribution is 7.89. The van der Waals surface area contributed by atoms with Crippen LogP contribution in [-0.4, -0.2) is 83.6 Å². The Hall–Kier alpha value is -1.68. The minimum Gasteiger partial charge on any atom is -0.379 e. The third-order valence-corrected chi connectivity index (χ3v) is 7.04. The van der Waals surface area contributed by atoms with Gasteiger partial charge in [-0.1, -0.05) is 6.42 Å². The molecule has 1 amide bonds. The Bertz CT molecular complexity index is 785. The topological polar surface area (TPSA) is 82.2 Å². The van der Waals surface area contributed by atoms with E-state index in [4.69, 9.17) is 4.74 Å². The number of ether oxygens (including phenoxy) is 1. The van der Waals surface area contributed by atoms with Crippen LogP contribution in [0, 0.1) is 0 Å². The molecule has 0 bridgehead atoms. The molecule has 0 aliphatic carbocycles. The third kappa shape index (κ3) is 5.02. The zero-order valence-corrected chi connectivity index (χ0v) is 17.5. The molecule has 8 nitrogen and oxygen atoms in total. The van der Waals surface area contributed by atoms with Gasteiger partial charge >= 0.3 is 0 Å². The van der Waals surface area contributed by atoms with Crippen molar-refractivity contribution in [1.29, 1.82) is 0 Å². The molecule has 3 rings (SSSR count). The number of hydrogen-bond acceptors (Lipinski definition) is 6. The van der Waals surface area contributed by atoms with E-state index in [1.54, 1.807) is 22.5 Å². The summed E-state index contributed by atoms with van der Waals surface area (Å²) < 4.78 is 32.9. The van der Waals surface area contributed by atoms with Crippen LogP contribution in [0.2, 0.25) is 0 Å². The molecule has 9 heteroatoms. The van der Waals surface area contributed by atoms with Gasteiger partial charge in [0.15, 0.2) is 0 Å². The largest absolute Gasteiger partial charge is 0.379 e. The quantitative estimate of drug-likeness (QED) is 0.759. The number of nitrogens with one attached hydrogen (secondary N) is 1. The second kappa shape index (κ2) is 9.21. The first-order valence-corrected chi connectivity index (χ1v) is 11.2. The molecule has 1 N–H and O–H groups in total. The summed E-state index contributed by atoms with van der Waals surface area (Å²) in [5.74, 6) is -0.155. The average Bonchev–Trinajstić information content (AvgIpc) is 2.69. The highest BCUT2D eigenvalue weighted by Gasteiger charge is 2.27. The van der Waals surface area contributed by atoms with Gasteiger partial charge in [0.05, 0.1) is 36.0 Å². The SMILES string of the molecule is CN(C)c1ccc(S(=O)(=O)N2CCCCC2)cc1NC(=O)CN1CCOCC1. The van der Waals surface area contributed by atoms with Crippen LogP contribution in [0.5, 0.6) is 0 Å². The number of piperidine rings is 1. The van der Waals surface area contributed by atoms with Crippen molar-refractivity contribution in [2.75, 3.05) is 70.2 Å². The molecule has 2 heterocycles. The molecule has 1 aromatic rings. The van der Waals surface area contributed by atoms with Crippen LogP contribution in [0.4, 0.5) is 11.4 Å². The highest BCUT2D eigenvalue weighted by atomic mass is 32.2. The van der Waals surface area contributed by atoms with Crippen molar-refractivity contribution >= 4 is 27.3 Å². The Balaban J connectivity index is 1.80.